The lowest BCUT2D eigenvalue weighted by Crippen LogP contribution is -2.44. The van der Waals surface area contributed by atoms with Crippen LogP contribution in [0, 0.1) is 18.8 Å². The van der Waals surface area contributed by atoms with E-state index in [0.29, 0.717) is 42.8 Å². The van der Waals surface area contributed by atoms with E-state index in [1.165, 1.54) is 25.7 Å². The first-order chi connectivity index (χ1) is 24.1. The maximum Gasteiger partial charge on any atom is 0.410 e. The Morgan fingerprint density at radius 1 is 1.04 bits per heavy atom. The molecule has 3 aromatic heterocycles. The number of hydrogen-bond donors (Lipinski definition) is 1. The molecule has 3 atom stereocenters. The summed E-state index contributed by atoms with van der Waals surface area (Å²) in [7, 11) is 0. The molecule has 5 heterocycles. The molecular formula is C39H51N7O4. The van der Waals surface area contributed by atoms with E-state index in [2.05, 4.69) is 35.1 Å². The van der Waals surface area contributed by atoms with Gasteiger partial charge in [-0.2, -0.15) is 5.10 Å². The van der Waals surface area contributed by atoms with Gasteiger partial charge in [0, 0.05) is 49.6 Å². The van der Waals surface area contributed by atoms with E-state index >= 15 is 0 Å². The number of aromatic nitrogens is 5. The predicted molar refractivity (Wildman–Crippen MR) is 192 cm³/mol. The number of nitrogens with one attached hydrogen (secondary N) is 1. The van der Waals surface area contributed by atoms with E-state index in [-0.39, 0.29) is 18.2 Å². The first kappa shape index (κ1) is 34.2. The highest BCUT2D eigenvalue weighted by atomic mass is 16.6. The average molecular weight is 682 g/mol. The smallest absolute Gasteiger partial charge is 0.410 e. The van der Waals surface area contributed by atoms with Crippen LogP contribution >= 0.6 is 0 Å². The molecule has 2 amide bonds. The van der Waals surface area contributed by atoms with Gasteiger partial charge in [-0.3, -0.25) is 9.78 Å². The van der Waals surface area contributed by atoms with Gasteiger partial charge in [-0.25, -0.2) is 14.5 Å². The van der Waals surface area contributed by atoms with Gasteiger partial charge in [0.05, 0.1) is 18.3 Å². The van der Waals surface area contributed by atoms with E-state index in [0.717, 1.165) is 77.8 Å². The largest absolute Gasteiger partial charge is 0.444 e. The maximum absolute atomic E-state index is 13.7. The van der Waals surface area contributed by atoms with Gasteiger partial charge in [0.1, 0.15) is 17.0 Å². The quantitative estimate of drug-likeness (QED) is 0.211. The molecule has 0 spiro atoms. The molecule has 11 nitrogen and oxygen atoms in total. The summed E-state index contributed by atoms with van der Waals surface area (Å²) in [5.74, 6) is 1.94. The highest BCUT2D eigenvalue weighted by Crippen LogP contribution is 2.38. The third-order valence-corrected chi connectivity index (χ3v) is 10.8. The molecule has 3 aliphatic rings. The molecule has 2 saturated heterocycles. The van der Waals surface area contributed by atoms with Gasteiger partial charge in [-0.1, -0.05) is 25.3 Å². The standard InChI is InChI=1S/C39H51N7O4/c1-6-44(38(48)50-39(3,4)5)24-29-20-40-21-31(25(29)2)27-14-15-33-30(19-27)35(43-46(33)34-13-9-10-18-49-34)36-41-22-32(42-36)37(47)45-17-16-26-11-7-8-12-28(26)23-45/h14-15,19-22,26,28,34H,6-13,16-18,23-24H2,1-5H3,(H,41,42). The summed E-state index contributed by atoms with van der Waals surface area (Å²) >= 11 is 0. The fraction of sp³-hybridized carbons (Fsp3) is 0.564. The Hall–Kier alpha value is -4.25. The van der Waals surface area contributed by atoms with Gasteiger partial charge >= 0.3 is 6.09 Å². The number of carbonyl (C=O) groups excluding carboxylic acids is 2. The van der Waals surface area contributed by atoms with Crippen molar-refractivity contribution < 1.29 is 19.1 Å². The number of amides is 2. The number of pyridine rings is 1. The minimum Gasteiger partial charge on any atom is -0.444 e. The Kier molecular flexibility index (Phi) is 9.69. The molecule has 3 fully saturated rings. The molecular weight excluding hydrogens is 630 g/mol. The predicted octanol–water partition coefficient (Wildman–Crippen LogP) is 7.91. The van der Waals surface area contributed by atoms with Crippen molar-refractivity contribution in [1.82, 2.24) is 34.5 Å². The zero-order chi connectivity index (χ0) is 35.0. The first-order valence-corrected chi connectivity index (χ1v) is 18.5. The summed E-state index contributed by atoms with van der Waals surface area (Å²) in [6, 6.07) is 6.32. The lowest BCUT2D eigenvalue weighted by Gasteiger charge is -2.41. The van der Waals surface area contributed by atoms with Crippen LogP contribution in [0.5, 0.6) is 0 Å². The number of imidazole rings is 1. The average Bonchev–Trinajstić information content (AvgIpc) is 3.75. The van der Waals surface area contributed by atoms with Crippen molar-refractivity contribution in [3.05, 3.63) is 53.6 Å². The number of rotatable bonds is 7. The Bertz CT molecular complexity index is 1850. The van der Waals surface area contributed by atoms with E-state index in [1.54, 1.807) is 11.1 Å². The minimum absolute atomic E-state index is 0.0128. The molecule has 0 bridgehead atoms. The van der Waals surface area contributed by atoms with Crippen molar-refractivity contribution in [2.24, 2.45) is 11.8 Å². The highest BCUT2D eigenvalue weighted by molar-refractivity contribution is 5.97. The number of likely N-dealkylation sites (tertiary alicyclic amines) is 1. The molecule has 266 valence electrons. The zero-order valence-corrected chi connectivity index (χ0v) is 30.2. The third-order valence-electron chi connectivity index (χ3n) is 10.8. The van der Waals surface area contributed by atoms with Crippen LogP contribution in [0.4, 0.5) is 4.79 Å². The van der Waals surface area contributed by atoms with Crippen molar-refractivity contribution in [2.75, 3.05) is 26.2 Å². The summed E-state index contributed by atoms with van der Waals surface area (Å²) < 4.78 is 13.8. The summed E-state index contributed by atoms with van der Waals surface area (Å²) in [4.78, 5) is 43.0. The van der Waals surface area contributed by atoms with Crippen LogP contribution in [0.3, 0.4) is 0 Å². The number of hydrogen-bond acceptors (Lipinski definition) is 7. The van der Waals surface area contributed by atoms with Crippen LogP contribution in [0.1, 0.15) is 107 Å². The number of ether oxygens (including phenoxy) is 2. The van der Waals surface area contributed by atoms with Crippen LogP contribution in [-0.4, -0.2) is 78.4 Å². The molecule has 0 radical (unpaired) electrons. The van der Waals surface area contributed by atoms with Crippen molar-refractivity contribution in [1.29, 1.82) is 0 Å². The third kappa shape index (κ3) is 7.02. The van der Waals surface area contributed by atoms with Crippen LogP contribution in [0.25, 0.3) is 33.5 Å². The van der Waals surface area contributed by atoms with E-state index in [9.17, 15) is 9.59 Å². The number of H-pyrrole nitrogens is 1. The lowest BCUT2D eigenvalue weighted by atomic mass is 9.75. The number of carbonyl (C=O) groups is 2. The summed E-state index contributed by atoms with van der Waals surface area (Å²) in [6.45, 7) is 12.9. The molecule has 2 aliphatic heterocycles. The fourth-order valence-corrected chi connectivity index (χ4v) is 7.98. The highest BCUT2D eigenvalue weighted by Gasteiger charge is 2.34. The molecule has 1 saturated carbocycles. The SMILES string of the molecule is CCN(Cc1cncc(-c2ccc3c(c2)c(-c2ncc(C(=O)N4CCC5CCCCC5C4)[nH]2)nn3C2CCCCO2)c1C)C(=O)OC(C)(C)C. The second-order valence-electron chi connectivity index (χ2n) is 15.3. The minimum atomic E-state index is -0.575. The Balaban J connectivity index is 1.21. The molecule has 11 heteroatoms. The second kappa shape index (κ2) is 14.2. The number of piperidine rings is 1. The van der Waals surface area contributed by atoms with Gasteiger partial charge in [0.2, 0.25) is 0 Å². The van der Waals surface area contributed by atoms with Gasteiger partial charge < -0.3 is 24.3 Å². The maximum atomic E-state index is 13.7. The fourth-order valence-electron chi connectivity index (χ4n) is 7.98. The topological polar surface area (TPSA) is 118 Å². The molecule has 7 rings (SSSR count). The van der Waals surface area contributed by atoms with E-state index in [1.807, 2.05) is 49.7 Å². The summed E-state index contributed by atoms with van der Waals surface area (Å²) in [5.41, 5.74) is 5.50. The monoisotopic (exact) mass is 681 g/mol. The van der Waals surface area contributed by atoms with Gasteiger partial charge in [0.15, 0.2) is 12.1 Å². The van der Waals surface area contributed by atoms with Crippen molar-refractivity contribution in [2.45, 2.75) is 104 Å². The normalized spacial score (nSPS) is 21.2. The van der Waals surface area contributed by atoms with Crippen LogP contribution in [-0.2, 0) is 16.0 Å². The molecule has 1 aliphatic carbocycles. The Morgan fingerprint density at radius 3 is 2.60 bits per heavy atom. The number of aromatic amines is 1. The summed E-state index contributed by atoms with van der Waals surface area (Å²) in [6.07, 6.45) is 14.0. The second-order valence-corrected chi connectivity index (χ2v) is 15.3. The van der Waals surface area contributed by atoms with E-state index < -0.39 is 5.60 Å². The van der Waals surface area contributed by atoms with Gasteiger partial charge in [-0.05, 0) is 107 Å². The number of nitrogens with zero attached hydrogens (tertiary/aromatic N) is 6. The van der Waals surface area contributed by atoms with Crippen molar-refractivity contribution in [3.63, 3.8) is 0 Å². The van der Waals surface area contributed by atoms with Crippen LogP contribution in [0.2, 0.25) is 0 Å². The van der Waals surface area contributed by atoms with Crippen molar-refractivity contribution in [3.8, 4) is 22.6 Å². The summed E-state index contributed by atoms with van der Waals surface area (Å²) in [5, 5.41) is 6.01. The van der Waals surface area contributed by atoms with Gasteiger partial charge in [0.25, 0.3) is 5.91 Å². The van der Waals surface area contributed by atoms with E-state index in [4.69, 9.17) is 19.6 Å². The van der Waals surface area contributed by atoms with Crippen molar-refractivity contribution >= 4 is 22.9 Å². The molecule has 3 unspecified atom stereocenters. The molecule has 1 aromatic carbocycles. The molecule has 1 N–H and O–H groups in total. The van der Waals surface area contributed by atoms with Gasteiger partial charge in [-0.15, -0.1) is 0 Å². The van der Waals surface area contributed by atoms with Crippen LogP contribution in [0.15, 0.2) is 36.8 Å². The van der Waals surface area contributed by atoms with Crippen LogP contribution < -0.4 is 0 Å². The lowest BCUT2D eigenvalue weighted by molar-refractivity contribution is -0.0365. The Morgan fingerprint density at radius 2 is 1.84 bits per heavy atom. The molecule has 4 aromatic rings. The Labute approximate surface area is 294 Å². The molecule has 50 heavy (non-hydrogen) atoms. The first-order valence-electron chi connectivity index (χ1n) is 18.5. The number of fused-ring (bicyclic) bond motifs is 2. The number of benzene rings is 1. The zero-order valence-electron chi connectivity index (χ0n) is 30.2.